The van der Waals surface area contributed by atoms with Gasteiger partial charge in [-0.25, -0.2) is 9.59 Å². The molecule has 26 heavy (non-hydrogen) atoms. The minimum Gasteiger partial charge on any atom is -0.478 e. The number of carbonyl (C=O) groups excluding carboxylic acids is 2. The molecular formula is C18H17NO6S. The largest absolute Gasteiger partial charge is 0.478 e. The first kappa shape index (κ1) is 19.3. The van der Waals surface area contributed by atoms with Crippen LogP contribution in [0.25, 0.3) is 0 Å². The molecule has 136 valence electrons. The fraction of sp³-hybridized carbons (Fsp3) is 0.167. The van der Waals surface area contributed by atoms with Crippen molar-refractivity contribution < 1.29 is 28.4 Å². The Hall–Kier alpha value is -3.00. The Morgan fingerprint density at radius 2 is 1.77 bits per heavy atom. The van der Waals surface area contributed by atoms with Gasteiger partial charge in [0.1, 0.15) is 5.75 Å². The van der Waals surface area contributed by atoms with Crippen LogP contribution in [0.3, 0.4) is 0 Å². The molecule has 2 rings (SSSR count). The third-order valence-corrected chi connectivity index (χ3v) is 4.62. The Morgan fingerprint density at radius 1 is 1.08 bits per heavy atom. The number of amides is 1. The van der Waals surface area contributed by atoms with Crippen molar-refractivity contribution >= 4 is 34.3 Å². The highest BCUT2D eigenvalue weighted by Crippen LogP contribution is 2.11. The van der Waals surface area contributed by atoms with Gasteiger partial charge in [-0.2, -0.15) is 0 Å². The van der Waals surface area contributed by atoms with Crippen LogP contribution in [0.1, 0.15) is 26.3 Å². The number of ether oxygens (including phenoxy) is 1. The zero-order chi connectivity index (χ0) is 19.1. The molecule has 1 unspecified atom stereocenters. The third-order valence-electron chi connectivity index (χ3n) is 3.38. The lowest BCUT2D eigenvalue weighted by Crippen LogP contribution is -2.20. The van der Waals surface area contributed by atoms with Gasteiger partial charge in [0.2, 0.25) is 5.91 Å². The number of hydrogen-bond donors (Lipinski definition) is 2. The van der Waals surface area contributed by atoms with Crippen LogP contribution in [-0.4, -0.2) is 40.0 Å². The molecule has 0 radical (unpaired) electrons. The zero-order valence-electron chi connectivity index (χ0n) is 13.9. The summed E-state index contributed by atoms with van der Waals surface area (Å²) in [6, 6.07) is 12.2. The molecule has 2 aromatic rings. The fourth-order valence-corrected chi connectivity index (χ4v) is 3.20. The highest BCUT2D eigenvalue weighted by molar-refractivity contribution is 7.84. The predicted octanol–water partition coefficient (Wildman–Crippen LogP) is 2.06. The molecule has 2 N–H and O–H groups in total. The number of carboxylic acid groups (broad SMARTS) is 1. The SMILES string of the molecule is COC(=O)c1ccc(NC(=O)CS(=O)Cc2cccc(C(=O)O)c2)cc1. The molecule has 0 spiro atoms. The average molecular weight is 375 g/mol. The summed E-state index contributed by atoms with van der Waals surface area (Å²) >= 11 is 0. The van der Waals surface area contributed by atoms with Crippen LogP contribution in [0.4, 0.5) is 5.69 Å². The van der Waals surface area contributed by atoms with Crippen LogP contribution in [0, 0.1) is 0 Å². The van der Waals surface area contributed by atoms with Crippen molar-refractivity contribution in [2.75, 3.05) is 18.2 Å². The second kappa shape index (κ2) is 8.91. The van der Waals surface area contributed by atoms with Crippen LogP contribution in [0.5, 0.6) is 0 Å². The number of nitrogens with one attached hydrogen (secondary N) is 1. The van der Waals surface area contributed by atoms with Crippen LogP contribution >= 0.6 is 0 Å². The maximum absolute atomic E-state index is 12.1. The monoisotopic (exact) mass is 375 g/mol. The predicted molar refractivity (Wildman–Crippen MR) is 96.5 cm³/mol. The molecule has 8 heteroatoms. The summed E-state index contributed by atoms with van der Waals surface area (Å²) in [5.41, 5.74) is 1.51. The van der Waals surface area contributed by atoms with Gasteiger partial charge in [-0.05, 0) is 42.0 Å². The Kier molecular flexibility index (Phi) is 6.62. The molecule has 1 amide bonds. The number of benzene rings is 2. The Bertz CT molecular complexity index is 847. The van der Waals surface area contributed by atoms with Crippen LogP contribution < -0.4 is 5.32 Å². The number of anilines is 1. The fourth-order valence-electron chi connectivity index (χ4n) is 2.18. The molecule has 0 aliphatic carbocycles. The van der Waals surface area contributed by atoms with Gasteiger partial charge in [0, 0.05) is 22.2 Å². The Balaban J connectivity index is 1.91. The van der Waals surface area contributed by atoms with E-state index < -0.39 is 28.6 Å². The second-order valence-electron chi connectivity index (χ2n) is 5.35. The molecule has 0 saturated carbocycles. The molecule has 1 atom stereocenters. The zero-order valence-corrected chi connectivity index (χ0v) is 14.7. The van der Waals surface area contributed by atoms with E-state index in [1.54, 1.807) is 24.3 Å². The molecular weight excluding hydrogens is 358 g/mol. The van der Waals surface area contributed by atoms with E-state index >= 15 is 0 Å². The average Bonchev–Trinajstić information content (AvgIpc) is 2.61. The van der Waals surface area contributed by atoms with E-state index in [1.165, 1.54) is 31.4 Å². The van der Waals surface area contributed by atoms with E-state index in [0.29, 0.717) is 16.8 Å². The van der Waals surface area contributed by atoms with Gasteiger partial charge in [-0.15, -0.1) is 0 Å². The lowest BCUT2D eigenvalue weighted by Gasteiger charge is -2.07. The van der Waals surface area contributed by atoms with Crippen molar-refractivity contribution in [3.05, 3.63) is 65.2 Å². The maximum atomic E-state index is 12.1. The summed E-state index contributed by atoms with van der Waals surface area (Å²) in [5.74, 6) is -2.13. The Labute approximate surface area is 152 Å². The van der Waals surface area contributed by atoms with Crippen molar-refractivity contribution in [1.29, 1.82) is 0 Å². The van der Waals surface area contributed by atoms with E-state index in [-0.39, 0.29) is 17.1 Å². The molecule has 0 heterocycles. The number of carbonyl (C=O) groups is 3. The first-order chi connectivity index (χ1) is 12.4. The number of hydrogen-bond acceptors (Lipinski definition) is 5. The minimum atomic E-state index is -1.49. The summed E-state index contributed by atoms with van der Waals surface area (Å²) in [5, 5.41) is 11.5. The first-order valence-electron chi connectivity index (χ1n) is 7.54. The quantitative estimate of drug-likeness (QED) is 0.717. The number of methoxy groups -OCH3 is 1. The van der Waals surface area contributed by atoms with Crippen molar-refractivity contribution in [2.45, 2.75) is 5.75 Å². The molecule has 0 saturated heterocycles. The van der Waals surface area contributed by atoms with Crippen LogP contribution in [0.15, 0.2) is 48.5 Å². The van der Waals surface area contributed by atoms with E-state index in [0.717, 1.165) is 0 Å². The standard InChI is InChI=1S/C18H17NO6S/c1-25-18(23)13-5-7-15(8-6-13)19-16(20)11-26(24)10-12-3-2-4-14(9-12)17(21)22/h2-9H,10-11H2,1H3,(H,19,20)(H,21,22). The first-order valence-corrected chi connectivity index (χ1v) is 9.03. The van der Waals surface area contributed by atoms with Gasteiger partial charge in [-0.3, -0.25) is 9.00 Å². The third kappa shape index (κ3) is 5.52. The maximum Gasteiger partial charge on any atom is 0.337 e. The van der Waals surface area contributed by atoms with Gasteiger partial charge in [0.05, 0.1) is 18.2 Å². The van der Waals surface area contributed by atoms with Gasteiger partial charge in [0.25, 0.3) is 0 Å². The van der Waals surface area contributed by atoms with Crippen molar-refractivity contribution in [2.24, 2.45) is 0 Å². The van der Waals surface area contributed by atoms with Crippen molar-refractivity contribution in [3.8, 4) is 0 Å². The van der Waals surface area contributed by atoms with Gasteiger partial charge < -0.3 is 15.2 Å². The van der Waals surface area contributed by atoms with Gasteiger partial charge in [0.15, 0.2) is 0 Å². The number of esters is 1. The molecule has 2 aromatic carbocycles. The van der Waals surface area contributed by atoms with Crippen LogP contribution in [0.2, 0.25) is 0 Å². The summed E-state index contributed by atoms with van der Waals surface area (Å²) in [6.45, 7) is 0. The summed E-state index contributed by atoms with van der Waals surface area (Å²) < 4.78 is 16.7. The van der Waals surface area contributed by atoms with Crippen molar-refractivity contribution in [3.63, 3.8) is 0 Å². The highest BCUT2D eigenvalue weighted by Gasteiger charge is 2.11. The van der Waals surface area contributed by atoms with Gasteiger partial charge >= 0.3 is 11.9 Å². The van der Waals surface area contributed by atoms with E-state index in [9.17, 15) is 18.6 Å². The summed E-state index contributed by atoms with van der Waals surface area (Å²) in [4.78, 5) is 34.3. The molecule has 0 fully saturated rings. The minimum absolute atomic E-state index is 0.0792. The molecule has 0 aliphatic rings. The molecule has 7 nitrogen and oxygen atoms in total. The van der Waals surface area contributed by atoms with Crippen molar-refractivity contribution in [1.82, 2.24) is 0 Å². The Morgan fingerprint density at radius 3 is 2.38 bits per heavy atom. The van der Waals surface area contributed by atoms with Crippen LogP contribution in [-0.2, 0) is 26.1 Å². The van der Waals surface area contributed by atoms with E-state index in [4.69, 9.17) is 5.11 Å². The highest BCUT2D eigenvalue weighted by atomic mass is 32.2. The molecule has 0 aromatic heterocycles. The molecule has 0 bridgehead atoms. The lowest BCUT2D eigenvalue weighted by atomic mass is 10.1. The number of aromatic carboxylic acids is 1. The summed E-state index contributed by atoms with van der Waals surface area (Å²) in [7, 11) is -0.211. The summed E-state index contributed by atoms with van der Waals surface area (Å²) in [6.07, 6.45) is 0. The van der Waals surface area contributed by atoms with E-state index in [2.05, 4.69) is 10.1 Å². The number of rotatable bonds is 7. The topological polar surface area (TPSA) is 110 Å². The smallest absolute Gasteiger partial charge is 0.337 e. The normalized spacial score (nSPS) is 11.4. The lowest BCUT2D eigenvalue weighted by molar-refractivity contribution is -0.113. The molecule has 0 aliphatic heterocycles. The van der Waals surface area contributed by atoms with Gasteiger partial charge in [-0.1, -0.05) is 12.1 Å². The van der Waals surface area contributed by atoms with E-state index in [1.807, 2.05) is 0 Å². The second-order valence-corrected chi connectivity index (χ2v) is 6.81. The number of carboxylic acids is 1.